The van der Waals surface area contributed by atoms with Crippen molar-refractivity contribution in [1.29, 1.82) is 0 Å². The van der Waals surface area contributed by atoms with Crippen molar-refractivity contribution in [2.24, 2.45) is 0 Å². The average Bonchev–Trinajstić information content (AvgIpc) is 2.42. The van der Waals surface area contributed by atoms with E-state index in [0.29, 0.717) is 29.9 Å². The topological polar surface area (TPSA) is 67.8 Å². The molecule has 0 aromatic heterocycles. The Morgan fingerprint density at radius 2 is 2.44 bits per heavy atom. The molecule has 0 radical (unpaired) electrons. The lowest BCUT2D eigenvalue weighted by Gasteiger charge is -2.24. The van der Waals surface area contributed by atoms with Gasteiger partial charge in [0.1, 0.15) is 6.29 Å². The number of ether oxygens (including phenoxy) is 2. The van der Waals surface area contributed by atoms with Gasteiger partial charge < -0.3 is 19.9 Å². The highest BCUT2D eigenvalue weighted by atomic mass is 16.5. The van der Waals surface area contributed by atoms with Crippen LogP contribution in [0.5, 0.6) is 11.5 Å². The maximum Gasteiger partial charge on any atom is 0.161 e. The van der Waals surface area contributed by atoms with Gasteiger partial charge in [-0.1, -0.05) is 0 Å². The van der Waals surface area contributed by atoms with Crippen LogP contribution in [0, 0.1) is 0 Å². The zero-order chi connectivity index (χ0) is 13.0. The highest BCUT2D eigenvalue weighted by molar-refractivity contribution is 5.77. The van der Waals surface area contributed by atoms with Gasteiger partial charge in [0.25, 0.3) is 0 Å². The fourth-order valence-corrected chi connectivity index (χ4v) is 2.06. The monoisotopic (exact) mass is 251 g/mol. The maximum absolute atomic E-state index is 10.8. The molecule has 18 heavy (non-hydrogen) atoms. The lowest BCUT2D eigenvalue weighted by atomic mass is 10.0. The second-order valence-corrected chi connectivity index (χ2v) is 4.25. The van der Waals surface area contributed by atoms with E-state index in [4.69, 9.17) is 9.47 Å². The minimum absolute atomic E-state index is 0.0104. The van der Waals surface area contributed by atoms with Gasteiger partial charge in [-0.25, -0.2) is 0 Å². The molecular formula is C13H17NO4. The highest BCUT2D eigenvalue weighted by Crippen LogP contribution is 2.32. The van der Waals surface area contributed by atoms with E-state index in [1.807, 2.05) is 0 Å². The van der Waals surface area contributed by atoms with Crippen LogP contribution in [0.4, 0.5) is 0 Å². The third-order valence-electron chi connectivity index (χ3n) is 2.98. The van der Waals surface area contributed by atoms with Gasteiger partial charge in [0.2, 0.25) is 0 Å². The molecule has 0 saturated carbocycles. The predicted molar refractivity (Wildman–Crippen MR) is 66.4 cm³/mol. The molecule has 0 aliphatic carbocycles. The number of morpholine rings is 1. The first-order valence-corrected chi connectivity index (χ1v) is 5.92. The van der Waals surface area contributed by atoms with E-state index in [0.717, 1.165) is 19.4 Å². The van der Waals surface area contributed by atoms with Gasteiger partial charge >= 0.3 is 0 Å². The SMILES string of the molecule is COc1cc(C=O)cc(CC2CNCCO2)c1O. The Labute approximate surface area is 106 Å². The Balaban J connectivity index is 2.22. The Morgan fingerprint density at radius 1 is 1.61 bits per heavy atom. The highest BCUT2D eigenvalue weighted by Gasteiger charge is 2.18. The van der Waals surface area contributed by atoms with Crippen molar-refractivity contribution in [3.05, 3.63) is 23.3 Å². The summed E-state index contributed by atoms with van der Waals surface area (Å²) in [4.78, 5) is 10.8. The number of methoxy groups -OCH3 is 1. The predicted octanol–water partition coefficient (Wildman–Crippen LogP) is 0.744. The van der Waals surface area contributed by atoms with E-state index >= 15 is 0 Å². The molecule has 1 atom stereocenters. The summed E-state index contributed by atoms with van der Waals surface area (Å²) in [6.07, 6.45) is 1.30. The number of benzene rings is 1. The number of carbonyl (C=O) groups is 1. The smallest absolute Gasteiger partial charge is 0.161 e. The van der Waals surface area contributed by atoms with Crippen molar-refractivity contribution in [3.8, 4) is 11.5 Å². The maximum atomic E-state index is 10.8. The fourth-order valence-electron chi connectivity index (χ4n) is 2.06. The third kappa shape index (κ3) is 2.80. The largest absolute Gasteiger partial charge is 0.504 e. The third-order valence-corrected chi connectivity index (χ3v) is 2.98. The number of phenolic OH excluding ortho intramolecular Hbond substituents is 1. The van der Waals surface area contributed by atoms with E-state index < -0.39 is 0 Å². The first kappa shape index (κ1) is 12.9. The van der Waals surface area contributed by atoms with Crippen LogP contribution < -0.4 is 10.1 Å². The minimum Gasteiger partial charge on any atom is -0.504 e. The Bertz CT molecular complexity index is 427. The van der Waals surface area contributed by atoms with E-state index in [2.05, 4.69) is 5.32 Å². The summed E-state index contributed by atoms with van der Waals surface area (Å²) in [6.45, 7) is 2.25. The normalized spacial score (nSPS) is 19.5. The zero-order valence-electron chi connectivity index (χ0n) is 10.3. The molecule has 1 fully saturated rings. The molecule has 98 valence electrons. The number of hydrogen-bond acceptors (Lipinski definition) is 5. The molecule has 0 bridgehead atoms. The summed E-state index contributed by atoms with van der Waals surface area (Å²) in [7, 11) is 1.46. The van der Waals surface area contributed by atoms with Crippen molar-refractivity contribution < 1.29 is 19.4 Å². The number of nitrogens with one attached hydrogen (secondary N) is 1. The summed E-state index contributed by atoms with van der Waals surface area (Å²) in [6, 6.07) is 3.19. The van der Waals surface area contributed by atoms with E-state index in [1.165, 1.54) is 13.2 Å². The summed E-state index contributed by atoms with van der Waals surface area (Å²) in [5, 5.41) is 13.2. The first-order chi connectivity index (χ1) is 8.74. The van der Waals surface area contributed by atoms with Crippen LogP contribution in [-0.2, 0) is 11.2 Å². The van der Waals surface area contributed by atoms with E-state index in [1.54, 1.807) is 6.07 Å². The van der Waals surface area contributed by atoms with Crippen LogP contribution in [0.15, 0.2) is 12.1 Å². The fraction of sp³-hybridized carbons (Fsp3) is 0.462. The quantitative estimate of drug-likeness (QED) is 0.773. The van der Waals surface area contributed by atoms with Crippen LogP contribution in [0.2, 0.25) is 0 Å². The molecule has 5 nitrogen and oxygen atoms in total. The van der Waals surface area contributed by atoms with Gasteiger partial charge in [-0.3, -0.25) is 4.79 Å². The number of carbonyl (C=O) groups excluding carboxylic acids is 1. The summed E-state index contributed by atoms with van der Waals surface area (Å²) < 4.78 is 10.6. The van der Waals surface area contributed by atoms with E-state index in [-0.39, 0.29) is 11.9 Å². The number of aromatic hydroxyl groups is 1. The van der Waals surface area contributed by atoms with Gasteiger partial charge in [0.15, 0.2) is 11.5 Å². The molecule has 1 unspecified atom stereocenters. The van der Waals surface area contributed by atoms with Gasteiger partial charge in [-0.05, 0) is 12.1 Å². The molecule has 1 aliphatic rings. The summed E-state index contributed by atoms with van der Waals surface area (Å²) in [5.41, 5.74) is 1.16. The first-order valence-electron chi connectivity index (χ1n) is 5.92. The second kappa shape index (κ2) is 5.84. The molecule has 1 aromatic rings. The molecule has 0 spiro atoms. The molecule has 5 heteroatoms. The van der Waals surface area contributed by atoms with Crippen LogP contribution in [0.3, 0.4) is 0 Å². The molecule has 2 N–H and O–H groups in total. The lowest BCUT2D eigenvalue weighted by Crippen LogP contribution is -2.39. The molecule has 1 aliphatic heterocycles. The van der Waals surface area contributed by atoms with Crippen molar-refractivity contribution in [1.82, 2.24) is 5.32 Å². The molecule has 1 heterocycles. The van der Waals surface area contributed by atoms with Gasteiger partial charge in [-0.15, -0.1) is 0 Å². The summed E-state index contributed by atoms with van der Waals surface area (Å²) in [5.74, 6) is 0.399. The van der Waals surface area contributed by atoms with Crippen LogP contribution in [0.1, 0.15) is 15.9 Å². The van der Waals surface area contributed by atoms with Crippen LogP contribution in [-0.4, -0.2) is 44.3 Å². The number of phenols is 1. The van der Waals surface area contributed by atoms with Crippen LogP contribution in [0.25, 0.3) is 0 Å². The lowest BCUT2D eigenvalue weighted by molar-refractivity contribution is 0.0288. The Kier molecular flexibility index (Phi) is 4.17. The number of rotatable bonds is 4. The standard InChI is InChI=1S/C13H17NO4/c1-17-12-5-9(8-15)4-10(13(12)16)6-11-7-14-2-3-18-11/h4-5,8,11,14,16H,2-3,6-7H2,1H3. The number of hydrogen-bond donors (Lipinski definition) is 2. The van der Waals surface area contributed by atoms with Gasteiger partial charge in [0, 0.05) is 30.6 Å². The zero-order valence-corrected chi connectivity index (χ0v) is 10.3. The Hall–Kier alpha value is -1.59. The van der Waals surface area contributed by atoms with Crippen molar-refractivity contribution in [2.75, 3.05) is 26.8 Å². The average molecular weight is 251 g/mol. The van der Waals surface area contributed by atoms with Crippen molar-refractivity contribution in [3.63, 3.8) is 0 Å². The van der Waals surface area contributed by atoms with Crippen molar-refractivity contribution >= 4 is 6.29 Å². The minimum atomic E-state index is 0.0104. The second-order valence-electron chi connectivity index (χ2n) is 4.25. The number of aldehydes is 1. The van der Waals surface area contributed by atoms with E-state index in [9.17, 15) is 9.90 Å². The van der Waals surface area contributed by atoms with Crippen LogP contribution >= 0.6 is 0 Å². The molecule has 0 amide bonds. The molecular weight excluding hydrogens is 234 g/mol. The molecule has 1 saturated heterocycles. The van der Waals surface area contributed by atoms with Crippen molar-refractivity contribution in [2.45, 2.75) is 12.5 Å². The summed E-state index contributed by atoms with van der Waals surface area (Å²) >= 11 is 0. The Morgan fingerprint density at radius 3 is 3.06 bits per heavy atom. The molecule has 2 rings (SSSR count). The molecule has 1 aromatic carbocycles. The van der Waals surface area contributed by atoms with Gasteiger partial charge in [0.05, 0.1) is 19.8 Å². The van der Waals surface area contributed by atoms with Gasteiger partial charge in [-0.2, -0.15) is 0 Å².